The van der Waals surface area contributed by atoms with Gasteiger partial charge in [0.05, 0.1) is 19.1 Å². The summed E-state index contributed by atoms with van der Waals surface area (Å²) in [6.45, 7) is 7.28. The van der Waals surface area contributed by atoms with E-state index in [0.29, 0.717) is 18.8 Å². The standard InChI is InChI=1S/C22H25N3O3S/c1-6-18-23-13(3)19-12(2)20(29-21(19)24-18)22(26)25-8-7-14-9-16(27-4)17(28-5)10-15(14)11-25/h9-10H,6-8,11H2,1-5H3. The van der Waals surface area contributed by atoms with Gasteiger partial charge < -0.3 is 14.4 Å². The van der Waals surface area contributed by atoms with E-state index in [1.165, 1.54) is 16.9 Å². The monoisotopic (exact) mass is 411 g/mol. The van der Waals surface area contributed by atoms with Crippen molar-refractivity contribution in [3.8, 4) is 11.5 Å². The van der Waals surface area contributed by atoms with Gasteiger partial charge in [-0.2, -0.15) is 0 Å². The summed E-state index contributed by atoms with van der Waals surface area (Å²) in [5.41, 5.74) is 4.23. The normalized spacial score (nSPS) is 13.5. The Kier molecular flexibility index (Phi) is 5.17. The summed E-state index contributed by atoms with van der Waals surface area (Å²) in [4.78, 5) is 26.2. The summed E-state index contributed by atoms with van der Waals surface area (Å²) in [6, 6.07) is 4.00. The fourth-order valence-electron chi connectivity index (χ4n) is 3.96. The van der Waals surface area contributed by atoms with E-state index in [9.17, 15) is 4.79 Å². The van der Waals surface area contributed by atoms with E-state index in [2.05, 4.69) is 9.97 Å². The molecule has 152 valence electrons. The summed E-state index contributed by atoms with van der Waals surface area (Å²) in [5, 5.41) is 1.01. The molecule has 0 fully saturated rings. The van der Waals surface area contributed by atoms with E-state index < -0.39 is 0 Å². The van der Waals surface area contributed by atoms with Crippen LogP contribution in [0.5, 0.6) is 11.5 Å². The van der Waals surface area contributed by atoms with Gasteiger partial charge in [-0.05, 0) is 49.1 Å². The highest BCUT2D eigenvalue weighted by Crippen LogP contribution is 2.36. The number of methoxy groups -OCH3 is 2. The van der Waals surface area contributed by atoms with Gasteiger partial charge in [0.25, 0.3) is 5.91 Å². The summed E-state index contributed by atoms with van der Waals surface area (Å²) in [7, 11) is 3.27. The van der Waals surface area contributed by atoms with Gasteiger partial charge in [0.2, 0.25) is 0 Å². The van der Waals surface area contributed by atoms with Crippen LogP contribution in [0, 0.1) is 13.8 Å². The first-order valence-corrected chi connectivity index (χ1v) is 10.6. The van der Waals surface area contributed by atoms with Crippen LogP contribution in [0.15, 0.2) is 12.1 Å². The van der Waals surface area contributed by atoms with E-state index >= 15 is 0 Å². The molecule has 0 saturated heterocycles. The lowest BCUT2D eigenvalue weighted by Gasteiger charge is -2.29. The van der Waals surface area contributed by atoms with E-state index in [4.69, 9.17) is 9.47 Å². The molecule has 3 aromatic rings. The number of ether oxygens (including phenoxy) is 2. The molecule has 0 N–H and O–H groups in total. The number of fused-ring (bicyclic) bond motifs is 2. The van der Waals surface area contributed by atoms with Crippen LogP contribution in [0.3, 0.4) is 0 Å². The summed E-state index contributed by atoms with van der Waals surface area (Å²) in [6.07, 6.45) is 1.58. The van der Waals surface area contributed by atoms with Crippen molar-refractivity contribution in [2.45, 2.75) is 40.2 Å². The number of amides is 1. The average Bonchev–Trinajstić information content (AvgIpc) is 3.08. The number of thiophene rings is 1. The topological polar surface area (TPSA) is 64.6 Å². The van der Waals surface area contributed by atoms with Crippen molar-refractivity contribution < 1.29 is 14.3 Å². The van der Waals surface area contributed by atoms with Crippen LogP contribution >= 0.6 is 11.3 Å². The van der Waals surface area contributed by atoms with Gasteiger partial charge in [0.15, 0.2) is 11.5 Å². The van der Waals surface area contributed by atoms with Crippen molar-refractivity contribution >= 4 is 27.5 Å². The van der Waals surface area contributed by atoms with Gasteiger partial charge in [-0.1, -0.05) is 6.92 Å². The number of aromatic nitrogens is 2. The summed E-state index contributed by atoms with van der Waals surface area (Å²) >= 11 is 1.48. The Morgan fingerprint density at radius 1 is 1.14 bits per heavy atom. The maximum atomic E-state index is 13.4. The highest BCUT2D eigenvalue weighted by Gasteiger charge is 2.27. The zero-order valence-corrected chi connectivity index (χ0v) is 18.3. The molecule has 2 aromatic heterocycles. The Balaban J connectivity index is 1.68. The molecule has 0 bridgehead atoms. The number of rotatable bonds is 4. The van der Waals surface area contributed by atoms with Crippen molar-refractivity contribution in [2.75, 3.05) is 20.8 Å². The number of nitrogens with zero attached hydrogens (tertiary/aromatic N) is 3. The largest absolute Gasteiger partial charge is 0.493 e. The molecular formula is C22H25N3O3S. The quantitative estimate of drug-likeness (QED) is 0.647. The number of hydrogen-bond donors (Lipinski definition) is 0. The molecule has 0 atom stereocenters. The van der Waals surface area contributed by atoms with Crippen LogP contribution in [0.2, 0.25) is 0 Å². The van der Waals surface area contributed by atoms with E-state index in [0.717, 1.165) is 56.3 Å². The third kappa shape index (κ3) is 3.33. The minimum Gasteiger partial charge on any atom is -0.493 e. The van der Waals surface area contributed by atoms with Gasteiger partial charge in [0.1, 0.15) is 10.7 Å². The molecular weight excluding hydrogens is 386 g/mol. The molecule has 4 rings (SSSR count). The zero-order chi connectivity index (χ0) is 20.7. The molecule has 0 radical (unpaired) electrons. The first kappa shape index (κ1) is 19.6. The minimum absolute atomic E-state index is 0.0587. The molecule has 7 heteroatoms. The Labute approximate surface area is 174 Å². The Bertz CT molecular complexity index is 1110. The van der Waals surface area contributed by atoms with Gasteiger partial charge >= 0.3 is 0 Å². The molecule has 6 nitrogen and oxygen atoms in total. The Morgan fingerprint density at radius 2 is 1.83 bits per heavy atom. The number of hydrogen-bond acceptors (Lipinski definition) is 6. The molecule has 0 spiro atoms. The van der Waals surface area contributed by atoms with E-state index in [1.807, 2.05) is 37.8 Å². The third-order valence-corrected chi connectivity index (χ3v) is 6.71. The van der Waals surface area contributed by atoms with Crippen LogP contribution in [0.25, 0.3) is 10.2 Å². The highest BCUT2D eigenvalue weighted by molar-refractivity contribution is 7.20. The van der Waals surface area contributed by atoms with E-state index in [-0.39, 0.29) is 5.91 Å². The van der Waals surface area contributed by atoms with Crippen molar-refractivity contribution in [1.29, 1.82) is 0 Å². The molecule has 3 heterocycles. The van der Waals surface area contributed by atoms with Crippen molar-refractivity contribution in [3.05, 3.63) is 45.2 Å². The molecule has 0 aliphatic carbocycles. The maximum absolute atomic E-state index is 13.4. The van der Waals surface area contributed by atoms with Crippen LogP contribution in [0.1, 0.15) is 44.8 Å². The number of carbonyl (C=O) groups is 1. The van der Waals surface area contributed by atoms with Gasteiger partial charge in [-0.25, -0.2) is 9.97 Å². The van der Waals surface area contributed by atoms with E-state index in [1.54, 1.807) is 14.2 Å². The second-order valence-corrected chi connectivity index (χ2v) is 8.27. The second-order valence-electron chi connectivity index (χ2n) is 7.27. The van der Waals surface area contributed by atoms with Crippen molar-refractivity contribution in [3.63, 3.8) is 0 Å². The molecule has 1 aliphatic heterocycles. The molecule has 1 amide bonds. The van der Waals surface area contributed by atoms with Crippen LogP contribution in [0.4, 0.5) is 0 Å². The first-order valence-electron chi connectivity index (χ1n) is 9.76. The third-order valence-electron chi connectivity index (χ3n) is 5.53. The Morgan fingerprint density at radius 3 is 2.48 bits per heavy atom. The zero-order valence-electron chi connectivity index (χ0n) is 17.5. The molecule has 29 heavy (non-hydrogen) atoms. The predicted molar refractivity (Wildman–Crippen MR) is 114 cm³/mol. The molecule has 1 aromatic carbocycles. The lowest BCUT2D eigenvalue weighted by Crippen LogP contribution is -2.35. The van der Waals surface area contributed by atoms with Gasteiger partial charge in [-0.3, -0.25) is 4.79 Å². The summed E-state index contributed by atoms with van der Waals surface area (Å²) in [5.74, 6) is 2.30. The van der Waals surface area contributed by atoms with Gasteiger partial charge in [-0.15, -0.1) is 11.3 Å². The number of aryl methyl sites for hydroxylation is 3. The van der Waals surface area contributed by atoms with Crippen LogP contribution in [-0.4, -0.2) is 41.5 Å². The SMILES string of the molecule is CCc1nc(C)c2c(C)c(C(=O)N3CCc4cc(OC)c(OC)cc4C3)sc2n1. The van der Waals surface area contributed by atoms with Crippen molar-refractivity contribution in [2.24, 2.45) is 0 Å². The van der Waals surface area contributed by atoms with Gasteiger partial charge in [0, 0.05) is 30.6 Å². The fraction of sp³-hybridized carbons (Fsp3) is 0.409. The fourth-order valence-corrected chi connectivity index (χ4v) is 5.18. The first-order chi connectivity index (χ1) is 14.0. The number of benzene rings is 1. The molecule has 0 saturated carbocycles. The predicted octanol–water partition coefficient (Wildman–Crippen LogP) is 4.09. The lowest BCUT2D eigenvalue weighted by molar-refractivity contribution is 0.0739. The summed E-state index contributed by atoms with van der Waals surface area (Å²) < 4.78 is 10.8. The van der Waals surface area contributed by atoms with Crippen LogP contribution < -0.4 is 9.47 Å². The lowest BCUT2D eigenvalue weighted by atomic mass is 9.98. The average molecular weight is 412 g/mol. The molecule has 0 unspecified atom stereocenters. The smallest absolute Gasteiger partial charge is 0.264 e. The van der Waals surface area contributed by atoms with Crippen molar-refractivity contribution in [1.82, 2.24) is 14.9 Å². The Hall–Kier alpha value is -2.67. The molecule has 1 aliphatic rings. The maximum Gasteiger partial charge on any atom is 0.264 e. The minimum atomic E-state index is 0.0587. The second kappa shape index (κ2) is 7.63. The van der Waals surface area contributed by atoms with Crippen LogP contribution in [-0.2, 0) is 19.4 Å². The number of carbonyl (C=O) groups excluding carboxylic acids is 1. The highest BCUT2D eigenvalue weighted by atomic mass is 32.1.